The Kier molecular flexibility index (Phi) is 5.64. The molecule has 1 heterocycles. The highest BCUT2D eigenvalue weighted by atomic mass is 16.5. The summed E-state index contributed by atoms with van der Waals surface area (Å²) >= 11 is 0. The largest absolute Gasteiger partial charge is 0.494 e. The fourth-order valence-corrected chi connectivity index (χ4v) is 1.49. The number of nitrogens with zero attached hydrogens (tertiary/aromatic N) is 2. The van der Waals surface area contributed by atoms with Crippen LogP contribution in [0.4, 0.5) is 0 Å². The highest BCUT2D eigenvalue weighted by Crippen LogP contribution is 2.19. The molecular weight excluding hydrogens is 228 g/mol. The van der Waals surface area contributed by atoms with Crippen LogP contribution in [-0.4, -0.2) is 32.0 Å². The Hall–Kier alpha value is -2.10. The molecule has 0 unspecified atom stereocenters. The minimum absolute atomic E-state index is 0.646. The van der Waals surface area contributed by atoms with Crippen molar-refractivity contribution in [2.45, 2.75) is 6.92 Å². The second-order valence-electron chi connectivity index (χ2n) is 3.39. The molecule has 4 nitrogen and oxygen atoms in total. The topological polar surface area (TPSA) is 43.7 Å². The zero-order chi connectivity index (χ0) is 13.4. The summed E-state index contributed by atoms with van der Waals surface area (Å²) in [5.74, 6) is 1.31. The van der Waals surface area contributed by atoms with E-state index in [1.807, 2.05) is 37.3 Å². The molecule has 0 aliphatic carbocycles. The molecule has 4 heteroatoms. The number of hydrogen-bond donors (Lipinski definition) is 0. The highest BCUT2D eigenvalue weighted by Gasteiger charge is 2.15. The minimum Gasteiger partial charge on any atom is -0.494 e. The van der Waals surface area contributed by atoms with Crippen molar-refractivity contribution in [2.24, 2.45) is 4.99 Å². The number of ether oxygens (including phenoxy) is 2. The number of rotatable bonds is 5. The summed E-state index contributed by atoms with van der Waals surface area (Å²) in [6.07, 6.45) is 7.35. The predicted molar refractivity (Wildman–Crippen MR) is 73.2 cm³/mol. The summed E-state index contributed by atoms with van der Waals surface area (Å²) in [4.78, 5) is 8.53. The molecule has 0 saturated heterocycles. The summed E-state index contributed by atoms with van der Waals surface area (Å²) in [6.45, 7) is 1.94. The van der Waals surface area contributed by atoms with Crippen molar-refractivity contribution in [3.63, 3.8) is 0 Å². The molecule has 0 N–H and O–H groups in total. The Morgan fingerprint density at radius 1 is 1.39 bits per heavy atom. The molecule has 0 fully saturated rings. The molecule has 0 atom stereocenters. The molecule has 1 rings (SSSR count). The maximum Gasteiger partial charge on any atom is 0.146 e. The van der Waals surface area contributed by atoms with Crippen molar-refractivity contribution < 1.29 is 9.47 Å². The first-order chi connectivity index (χ1) is 8.78. The van der Waals surface area contributed by atoms with Crippen LogP contribution in [0.5, 0.6) is 5.75 Å². The zero-order valence-corrected chi connectivity index (χ0v) is 11.2. The van der Waals surface area contributed by atoms with Crippen LogP contribution < -0.4 is 4.74 Å². The molecular formula is C14H18N2O2. The lowest BCUT2D eigenvalue weighted by Crippen LogP contribution is -2.10. The van der Waals surface area contributed by atoms with E-state index in [-0.39, 0.29) is 0 Å². The van der Waals surface area contributed by atoms with Crippen LogP contribution >= 0.6 is 0 Å². The van der Waals surface area contributed by atoms with Gasteiger partial charge in [-0.2, -0.15) is 0 Å². The van der Waals surface area contributed by atoms with Crippen molar-refractivity contribution in [1.82, 2.24) is 4.98 Å². The zero-order valence-electron chi connectivity index (χ0n) is 11.2. The van der Waals surface area contributed by atoms with Crippen molar-refractivity contribution in [3.05, 3.63) is 48.0 Å². The van der Waals surface area contributed by atoms with E-state index in [1.165, 1.54) is 0 Å². The number of allylic oxidation sites excluding steroid dienone is 4. The standard InChI is InChI=1S/C14H18N2O2/c1-5-6-8-11(17-3)13(15-2)14-12(18-4)9-7-10-16-14/h5-10H,1-4H3/b6-5-,11-8+,15-13?. The normalized spacial score (nSPS) is 12.9. The lowest BCUT2D eigenvalue weighted by Gasteiger charge is -2.11. The second-order valence-corrected chi connectivity index (χ2v) is 3.39. The molecule has 0 aromatic carbocycles. The third kappa shape index (κ3) is 3.20. The summed E-state index contributed by atoms with van der Waals surface area (Å²) < 4.78 is 10.6. The fraction of sp³-hybridized carbons (Fsp3) is 0.286. The van der Waals surface area contributed by atoms with Crippen molar-refractivity contribution in [1.29, 1.82) is 0 Å². The number of pyridine rings is 1. The molecule has 0 radical (unpaired) electrons. The quantitative estimate of drug-likeness (QED) is 0.455. The Balaban J connectivity index is 3.25. The Morgan fingerprint density at radius 2 is 2.17 bits per heavy atom. The molecule has 1 aromatic rings. The number of hydrogen-bond acceptors (Lipinski definition) is 4. The van der Waals surface area contributed by atoms with E-state index in [4.69, 9.17) is 9.47 Å². The molecule has 1 aromatic heterocycles. The van der Waals surface area contributed by atoms with Crippen LogP contribution in [0.25, 0.3) is 0 Å². The van der Waals surface area contributed by atoms with E-state index in [2.05, 4.69) is 9.98 Å². The van der Waals surface area contributed by atoms with Gasteiger partial charge in [0.15, 0.2) is 0 Å². The van der Waals surface area contributed by atoms with Gasteiger partial charge in [-0.1, -0.05) is 12.2 Å². The number of methoxy groups -OCH3 is 2. The van der Waals surface area contributed by atoms with E-state index in [1.54, 1.807) is 27.5 Å². The molecule has 0 saturated carbocycles. The maximum atomic E-state index is 5.34. The van der Waals surface area contributed by atoms with E-state index in [9.17, 15) is 0 Å². The Bertz CT molecular complexity index is 476. The average Bonchev–Trinajstić information content (AvgIpc) is 2.43. The van der Waals surface area contributed by atoms with Gasteiger partial charge in [0, 0.05) is 13.2 Å². The first-order valence-electron chi connectivity index (χ1n) is 5.62. The first-order valence-corrected chi connectivity index (χ1v) is 5.62. The van der Waals surface area contributed by atoms with Gasteiger partial charge in [0.25, 0.3) is 0 Å². The van der Waals surface area contributed by atoms with Gasteiger partial charge >= 0.3 is 0 Å². The SMILES string of the molecule is C/C=C\C=C(\OC)C(=NC)c1ncccc1OC. The Morgan fingerprint density at radius 3 is 2.72 bits per heavy atom. The van der Waals surface area contributed by atoms with E-state index in [0.29, 0.717) is 22.9 Å². The van der Waals surface area contributed by atoms with Gasteiger partial charge in [0.05, 0.1) is 14.2 Å². The van der Waals surface area contributed by atoms with Gasteiger partial charge in [-0.15, -0.1) is 0 Å². The molecule has 0 bridgehead atoms. The van der Waals surface area contributed by atoms with Gasteiger partial charge in [0.2, 0.25) is 0 Å². The summed E-state index contributed by atoms with van der Waals surface area (Å²) in [6, 6.07) is 3.66. The molecule has 0 aliphatic heterocycles. The lowest BCUT2D eigenvalue weighted by molar-refractivity contribution is 0.314. The van der Waals surface area contributed by atoms with Crippen molar-refractivity contribution >= 4 is 5.71 Å². The van der Waals surface area contributed by atoms with Crippen LogP contribution in [0, 0.1) is 0 Å². The molecule has 0 aliphatic rings. The molecule has 96 valence electrons. The highest BCUT2D eigenvalue weighted by molar-refractivity contribution is 6.11. The van der Waals surface area contributed by atoms with Crippen LogP contribution in [0.15, 0.2) is 47.3 Å². The summed E-state index contributed by atoms with van der Waals surface area (Å²) in [5.41, 5.74) is 1.33. The van der Waals surface area contributed by atoms with E-state index < -0.39 is 0 Å². The van der Waals surface area contributed by atoms with Gasteiger partial charge in [-0.25, -0.2) is 0 Å². The maximum absolute atomic E-state index is 5.34. The van der Waals surface area contributed by atoms with Crippen LogP contribution in [0.1, 0.15) is 12.6 Å². The smallest absolute Gasteiger partial charge is 0.146 e. The monoisotopic (exact) mass is 246 g/mol. The van der Waals surface area contributed by atoms with Crippen LogP contribution in [0.2, 0.25) is 0 Å². The average molecular weight is 246 g/mol. The third-order valence-electron chi connectivity index (χ3n) is 2.33. The predicted octanol–water partition coefficient (Wildman–Crippen LogP) is 2.62. The number of aliphatic imine (C=N–C) groups is 1. The van der Waals surface area contributed by atoms with Gasteiger partial charge in [0.1, 0.15) is 22.9 Å². The van der Waals surface area contributed by atoms with Crippen LogP contribution in [0.3, 0.4) is 0 Å². The summed E-state index contributed by atoms with van der Waals surface area (Å²) in [7, 11) is 4.91. The summed E-state index contributed by atoms with van der Waals surface area (Å²) in [5, 5.41) is 0. The first kappa shape index (κ1) is 14.0. The number of aromatic nitrogens is 1. The van der Waals surface area contributed by atoms with E-state index in [0.717, 1.165) is 0 Å². The third-order valence-corrected chi connectivity index (χ3v) is 2.33. The van der Waals surface area contributed by atoms with Gasteiger partial charge in [-0.3, -0.25) is 9.98 Å². The molecule has 18 heavy (non-hydrogen) atoms. The van der Waals surface area contributed by atoms with Crippen molar-refractivity contribution in [2.75, 3.05) is 21.3 Å². The Labute approximate surface area is 108 Å². The molecule has 0 amide bonds. The fourth-order valence-electron chi connectivity index (χ4n) is 1.49. The van der Waals surface area contributed by atoms with Crippen LogP contribution in [-0.2, 0) is 4.74 Å². The lowest BCUT2D eigenvalue weighted by atomic mass is 10.1. The second kappa shape index (κ2) is 7.27. The molecule has 0 spiro atoms. The van der Waals surface area contributed by atoms with Gasteiger partial charge in [-0.05, 0) is 25.1 Å². The van der Waals surface area contributed by atoms with E-state index >= 15 is 0 Å². The van der Waals surface area contributed by atoms with Gasteiger partial charge < -0.3 is 9.47 Å². The minimum atomic E-state index is 0.646. The van der Waals surface area contributed by atoms with Crippen molar-refractivity contribution in [3.8, 4) is 5.75 Å².